The number of benzene rings is 2. The van der Waals surface area contributed by atoms with Crippen LogP contribution < -0.4 is 5.32 Å². The van der Waals surface area contributed by atoms with E-state index in [2.05, 4.69) is 5.32 Å². The van der Waals surface area contributed by atoms with Gasteiger partial charge in [0.15, 0.2) is 0 Å². The molecule has 5 nitrogen and oxygen atoms in total. The van der Waals surface area contributed by atoms with Gasteiger partial charge in [-0.1, -0.05) is 36.4 Å². The van der Waals surface area contributed by atoms with Crippen molar-refractivity contribution in [3.8, 4) is 0 Å². The number of hydrogen-bond acceptors (Lipinski definition) is 3. The molecule has 1 unspecified atom stereocenters. The molecule has 1 N–H and O–H groups in total. The molecule has 1 atom stereocenters. The number of aromatic nitrogens is 1. The maximum Gasteiger partial charge on any atom is 0.255 e. The number of nitrogens with one attached hydrogen (secondary N) is 1. The summed E-state index contributed by atoms with van der Waals surface area (Å²) >= 11 is 0. The highest BCUT2D eigenvalue weighted by atomic mass is 19.1. The number of hydrogen-bond donors (Lipinski definition) is 1. The smallest absolute Gasteiger partial charge is 0.255 e. The van der Waals surface area contributed by atoms with Gasteiger partial charge in [-0.05, 0) is 62.6 Å². The topological polar surface area (TPSA) is 62.3 Å². The van der Waals surface area contributed by atoms with Gasteiger partial charge in [0.1, 0.15) is 17.2 Å². The van der Waals surface area contributed by atoms with Crippen molar-refractivity contribution in [1.82, 2.24) is 15.2 Å². The fraction of sp³-hybridized carbons (Fsp3) is 0.296. The number of nitrogens with zero attached hydrogens (tertiary/aromatic N) is 2. The van der Waals surface area contributed by atoms with Gasteiger partial charge in [-0.15, -0.1) is 0 Å². The Morgan fingerprint density at radius 1 is 1.00 bits per heavy atom. The van der Waals surface area contributed by atoms with Crippen molar-refractivity contribution in [3.05, 3.63) is 101 Å². The molecule has 2 heterocycles. The van der Waals surface area contributed by atoms with Crippen LogP contribution in [0.5, 0.6) is 0 Å². The van der Waals surface area contributed by atoms with Crippen LogP contribution in [-0.2, 0) is 11.2 Å². The van der Waals surface area contributed by atoms with E-state index in [-0.39, 0.29) is 23.3 Å². The average Bonchev–Trinajstić information content (AvgIpc) is 3.30. The Labute approximate surface area is 197 Å². The Morgan fingerprint density at radius 2 is 1.71 bits per heavy atom. The molecule has 1 saturated heterocycles. The zero-order valence-electron chi connectivity index (χ0n) is 19.2. The lowest BCUT2D eigenvalue weighted by Crippen LogP contribution is -2.55. The van der Waals surface area contributed by atoms with E-state index in [0.29, 0.717) is 24.2 Å². The van der Waals surface area contributed by atoms with Crippen LogP contribution in [0.25, 0.3) is 0 Å². The predicted molar refractivity (Wildman–Crippen MR) is 125 cm³/mol. The molecule has 1 aliphatic heterocycles. The Bertz CT molecular complexity index is 1210. The molecule has 2 aromatic carbocycles. The second kappa shape index (κ2) is 9.71. The third-order valence-electron chi connectivity index (χ3n) is 6.09. The second-order valence-electron chi connectivity index (χ2n) is 9.04. The first-order valence-electron chi connectivity index (χ1n) is 11.3. The highest BCUT2D eigenvalue weighted by Gasteiger charge is 2.40. The molecule has 34 heavy (non-hydrogen) atoms. The minimum Gasteiger partial charge on any atom is -0.338 e. The summed E-state index contributed by atoms with van der Waals surface area (Å²) in [5, 5.41) is 2.68. The number of pyridine rings is 1. The lowest BCUT2D eigenvalue weighted by Gasteiger charge is -2.33. The summed E-state index contributed by atoms with van der Waals surface area (Å²) in [6.07, 6.45) is 1.89. The van der Waals surface area contributed by atoms with Crippen LogP contribution in [0.1, 0.15) is 60.0 Å². The summed E-state index contributed by atoms with van der Waals surface area (Å²) in [5.41, 5.74) is 0.657. The van der Waals surface area contributed by atoms with Crippen molar-refractivity contribution in [2.75, 3.05) is 6.54 Å². The molecule has 1 aliphatic rings. The highest BCUT2D eigenvalue weighted by molar-refractivity contribution is 5.99. The normalized spacial score (nSPS) is 15.9. The first-order chi connectivity index (χ1) is 16.3. The van der Waals surface area contributed by atoms with Crippen molar-refractivity contribution in [2.45, 2.75) is 44.7 Å². The van der Waals surface area contributed by atoms with E-state index in [1.54, 1.807) is 43.0 Å². The molecular formula is C27H27F2N3O2. The fourth-order valence-corrected chi connectivity index (χ4v) is 4.35. The van der Waals surface area contributed by atoms with Crippen LogP contribution in [-0.4, -0.2) is 33.8 Å². The van der Waals surface area contributed by atoms with E-state index < -0.39 is 17.3 Å². The Balaban J connectivity index is 1.51. The fourth-order valence-electron chi connectivity index (χ4n) is 4.35. The molecule has 0 spiro atoms. The van der Waals surface area contributed by atoms with Crippen LogP contribution in [0.2, 0.25) is 0 Å². The molecule has 1 aromatic heterocycles. The summed E-state index contributed by atoms with van der Waals surface area (Å²) in [7, 11) is 0. The molecular weight excluding hydrogens is 436 g/mol. The zero-order chi connectivity index (χ0) is 24.3. The van der Waals surface area contributed by atoms with Gasteiger partial charge in [-0.3, -0.25) is 14.6 Å². The van der Waals surface area contributed by atoms with Crippen molar-refractivity contribution >= 4 is 11.8 Å². The minimum absolute atomic E-state index is 0.108. The summed E-state index contributed by atoms with van der Waals surface area (Å²) in [5.74, 6) is -1.82. The predicted octanol–water partition coefficient (Wildman–Crippen LogP) is 4.82. The van der Waals surface area contributed by atoms with Gasteiger partial charge < -0.3 is 10.2 Å². The molecule has 0 saturated carbocycles. The number of halogens is 2. The first-order valence-corrected chi connectivity index (χ1v) is 11.3. The van der Waals surface area contributed by atoms with E-state index in [1.807, 2.05) is 18.2 Å². The van der Waals surface area contributed by atoms with Gasteiger partial charge in [0.05, 0.1) is 17.3 Å². The molecule has 7 heteroatoms. The van der Waals surface area contributed by atoms with Gasteiger partial charge in [0.25, 0.3) is 5.91 Å². The van der Waals surface area contributed by atoms with Crippen LogP contribution >= 0.6 is 0 Å². The number of carbonyl (C=O) groups excluding carboxylic acids is 2. The maximum atomic E-state index is 14.1. The minimum atomic E-state index is -1.24. The Hall–Kier alpha value is -3.61. The first kappa shape index (κ1) is 23.5. The number of amides is 2. The van der Waals surface area contributed by atoms with Crippen molar-refractivity contribution in [3.63, 3.8) is 0 Å². The molecule has 0 radical (unpaired) electrons. The van der Waals surface area contributed by atoms with E-state index in [4.69, 9.17) is 4.98 Å². The van der Waals surface area contributed by atoms with Crippen LogP contribution in [0.15, 0.2) is 66.7 Å². The van der Waals surface area contributed by atoms with Crippen LogP contribution in [0, 0.1) is 11.6 Å². The summed E-state index contributed by atoms with van der Waals surface area (Å²) in [4.78, 5) is 32.5. The van der Waals surface area contributed by atoms with Gasteiger partial charge in [0, 0.05) is 18.7 Å². The van der Waals surface area contributed by atoms with E-state index >= 15 is 0 Å². The van der Waals surface area contributed by atoms with Crippen molar-refractivity contribution in [1.29, 1.82) is 0 Å². The van der Waals surface area contributed by atoms with E-state index in [9.17, 15) is 18.4 Å². The second-order valence-corrected chi connectivity index (χ2v) is 9.04. The zero-order valence-corrected chi connectivity index (χ0v) is 19.2. The number of carbonyl (C=O) groups is 2. The molecule has 176 valence electrons. The molecule has 0 aliphatic carbocycles. The molecule has 2 amide bonds. The number of rotatable bonds is 6. The van der Waals surface area contributed by atoms with Gasteiger partial charge in [-0.25, -0.2) is 8.78 Å². The van der Waals surface area contributed by atoms with Gasteiger partial charge in [0.2, 0.25) is 5.91 Å². The van der Waals surface area contributed by atoms with Crippen molar-refractivity contribution in [2.24, 2.45) is 0 Å². The van der Waals surface area contributed by atoms with E-state index in [0.717, 1.165) is 18.5 Å². The summed E-state index contributed by atoms with van der Waals surface area (Å²) in [6.45, 7) is 3.76. The summed E-state index contributed by atoms with van der Waals surface area (Å²) < 4.78 is 28.1. The average molecular weight is 464 g/mol. The monoisotopic (exact) mass is 463 g/mol. The van der Waals surface area contributed by atoms with Crippen LogP contribution in [0.3, 0.4) is 0 Å². The maximum absolute atomic E-state index is 14.1. The highest BCUT2D eigenvalue weighted by Crippen LogP contribution is 2.33. The van der Waals surface area contributed by atoms with Crippen molar-refractivity contribution < 1.29 is 18.4 Å². The molecule has 4 rings (SSSR count). The molecule has 0 bridgehead atoms. The molecule has 1 fully saturated rings. The quantitative estimate of drug-likeness (QED) is 0.570. The summed E-state index contributed by atoms with van der Waals surface area (Å²) in [6, 6.07) is 17.6. The SMILES string of the molecule is CC(C)(NC(=O)c1ccccc1F)C(=O)N1CCCC1c1cccc(Cc2ccccc2F)n1. The van der Waals surface area contributed by atoms with Crippen LogP contribution in [0.4, 0.5) is 8.78 Å². The van der Waals surface area contributed by atoms with Gasteiger partial charge >= 0.3 is 0 Å². The lowest BCUT2D eigenvalue weighted by atomic mass is 10.0. The third kappa shape index (κ3) is 4.98. The Kier molecular flexibility index (Phi) is 6.72. The Morgan fingerprint density at radius 3 is 2.44 bits per heavy atom. The standard InChI is InChI=1S/C27H27F2N3O2/c1-27(2,31-25(33)20-11-4-6-13-22(20)29)26(34)32-16-8-15-24(32)23-14-7-10-19(30-23)17-18-9-3-5-12-21(18)28/h3-7,9-14,24H,8,15-17H2,1-2H3,(H,31,33). The van der Waals surface area contributed by atoms with Gasteiger partial charge in [-0.2, -0.15) is 0 Å². The van der Waals surface area contributed by atoms with E-state index in [1.165, 1.54) is 24.3 Å². The lowest BCUT2D eigenvalue weighted by molar-refractivity contribution is -0.137. The largest absolute Gasteiger partial charge is 0.338 e. The number of likely N-dealkylation sites (tertiary alicyclic amines) is 1. The third-order valence-corrected chi connectivity index (χ3v) is 6.09. The molecule has 3 aromatic rings.